The van der Waals surface area contributed by atoms with Crippen LogP contribution in [0.5, 0.6) is 11.5 Å². The normalized spacial score (nSPS) is 14.9. The molecule has 1 aliphatic heterocycles. The lowest BCUT2D eigenvalue weighted by molar-refractivity contribution is 0.0769. The number of hydrogen-bond acceptors (Lipinski definition) is 7. The van der Waals surface area contributed by atoms with Crippen molar-refractivity contribution in [3.63, 3.8) is 0 Å². The predicted molar refractivity (Wildman–Crippen MR) is 246 cm³/mol. The Bertz CT molecular complexity index is 3040. The Balaban J connectivity index is 1.01. The molecule has 0 spiro atoms. The Morgan fingerprint density at radius 1 is 0.323 bits per heavy atom. The van der Waals surface area contributed by atoms with E-state index in [-0.39, 0.29) is 12.2 Å². The number of rotatable bonds is 8. The van der Waals surface area contributed by atoms with Crippen LogP contribution in [0.15, 0.2) is 213 Å². The van der Waals surface area contributed by atoms with Crippen molar-refractivity contribution >= 4 is 0 Å². The van der Waals surface area contributed by atoms with Gasteiger partial charge in [0.15, 0.2) is 41.2 Å². The summed E-state index contributed by atoms with van der Waals surface area (Å²) in [6, 6.07) is 59.8. The summed E-state index contributed by atoms with van der Waals surface area (Å²) in [5, 5.41) is 0. The molecule has 0 saturated carbocycles. The first-order valence-corrected chi connectivity index (χ1v) is 20.6. The van der Waals surface area contributed by atoms with Crippen molar-refractivity contribution in [1.82, 2.24) is 24.9 Å². The van der Waals surface area contributed by atoms with Crippen molar-refractivity contribution in [3.05, 3.63) is 213 Å². The molecule has 6 aromatic carbocycles. The Kier molecular flexibility index (Phi) is 9.52. The fourth-order valence-corrected chi connectivity index (χ4v) is 8.03. The molecule has 0 amide bonds. The van der Waals surface area contributed by atoms with E-state index in [1.54, 1.807) is 0 Å². The monoisotopic (exact) mass is 799 g/mol. The highest BCUT2D eigenvalue weighted by Gasteiger charge is 2.34. The van der Waals surface area contributed by atoms with E-state index in [2.05, 4.69) is 94.9 Å². The molecule has 4 heterocycles. The fraction of sp³-hybridized carbons (Fsp3) is 0.0364. The Hall–Kier alpha value is -8.29. The molecule has 0 N–H and O–H groups in total. The highest BCUT2D eigenvalue weighted by atomic mass is 16.6. The quantitative estimate of drug-likeness (QED) is 0.151. The van der Waals surface area contributed by atoms with Gasteiger partial charge in [0.05, 0.1) is 17.0 Å². The zero-order chi connectivity index (χ0) is 41.2. The number of aromatic nitrogens is 5. The van der Waals surface area contributed by atoms with Crippen LogP contribution in [0.3, 0.4) is 0 Å². The molecule has 0 bridgehead atoms. The molecule has 7 nitrogen and oxygen atoms in total. The molecule has 0 saturated heterocycles. The number of nitrogens with zero attached hydrogens (tertiary/aromatic N) is 5. The van der Waals surface area contributed by atoms with Gasteiger partial charge in [-0.3, -0.25) is 9.97 Å². The first-order valence-electron chi connectivity index (χ1n) is 20.6. The number of pyridine rings is 2. The largest absolute Gasteiger partial charge is 0.478 e. The third kappa shape index (κ3) is 7.22. The second-order valence-corrected chi connectivity index (χ2v) is 15.2. The number of hydrogen-bond donors (Lipinski definition) is 0. The Labute approximate surface area is 359 Å². The van der Waals surface area contributed by atoms with Crippen molar-refractivity contribution in [2.24, 2.45) is 0 Å². The van der Waals surface area contributed by atoms with Crippen molar-refractivity contribution < 1.29 is 9.47 Å². The molecule has 1 aliphatic carbocycles. The van der Waals surface area contributed by atoms with Crippen molar-refractivity contribution in [2.75, 3.05) is 0 Å². The van der Waals surface area contributed by atoms with Crippen LogP contribution < -0.4 is 9.47 Å². The summed E-state index contributed by atoms with van der Waals surface area (Å²) in [4.78, 5) is 24.5. The maximum absolute atomic E-state index is 6.87. The standard InChI is InChI=1S/C55H37N5O2/c1-3-13-36(14-4-1)37-23-27-41(28-24-37)54-58-53(40-15-5-2-6-16-40)59-55(60-54)46-30-29-45(51-52(46)62-50-20-8-7-19-49(50)61-51)39-25-21-38(22-26-39)42-33-43(47-17-9-11-31-56-47)35-44(34-42)48-18-10-12-32-57-48/h1-35,49-50H. The van der Waals surface area contributed by atoms with E-state index >= 15 is 0 Å². The van der Waals surface area contributed by atoms with E-state index in [4.69, 9.17) is 24.4 Å². The minimum absolute atomic E-state index is 0.294. The summed E-state index contributed by atoms with van der Waals surface area (Å²) in [6.07, 6.45) is 11.1. The van der Waals surface area contributed by atoms with Crippen LogP contribution >= 0.6 is 0 Å². The van der Waals surface area contributed by atoms with Crippen LogP contribution in [0.4, 0.5) is 0 Å². The Morgan fingerprint density at radius 2 is 0.742 bits per heavy atom. The first kappa shape index (κ1) is 36.8. The topological polar surface area (TPSA) is 82.9 Å². The van der Waals surface area contributed by atoms with Crippen molar-refractivity contribution in [3.8, 4) is 102 Å². The summed E-state index contributed by atoms with van der Waals surface area (Å²) in [7, 11) is 0. The van der Waals surface area contributed by atoms with Gasteiger partial charge in [0.1, 0.15) is 0 Å². The SMILES string of the molecule is C1=CC2Oc3c(-c4ccc(-c5cc(-c6ccccn6)cc(-c6ccccn6)c5)cc4)ccc(-c4nc(-c5ccccc5)nc(-c5ccc(-c6ccccc6)cc5)n4)c3OC2C=C1. The van der Waals surface area contributed by atoms with E-state index in [9.17, 15) is 0 Å². The minimum Gasteiger partial charge on any atom is -0.478 e. The van der Waals surface area contributed by atoms with Crippen LogP contribution in [0, 0.1) is 0 Å². The second-order valence-electron chi connectivity index (χ2n) is 15.2. The van der Waals surface area contributed by atoms with Gasteiger partial charge in [-0.15, -0.1) is 0 Å². The van der Waals surface area contributed by atoms with E-state index in [0.717, 1.165) is 72.6 Å². The van der Waals surface area contributed by atoms with Gasteiger partial charge in [-0.25, -0.2) is 15.0 Å². The number of fused-ring (bicyclic) bond motifs is 2. The molecule has 7 heteroatoms. The highest BCUT2D eigenvalue weighted by Crippen LogP contribution is 2.49. The van der Waals surface area contributed by atoms with E-state index < -0.39 is 0 Å². The van der Waals surface area contributed by atoms with Gasteiger partial charge in [0.25, 0.3) is 0 Å². The van der Waals surface area contributed by atoms with E-state index in [1.807, 2.05) is 128 Å². The molecule has 294 valence electrons. The molecule has 3 aromatic heterocycles. The van der Waals surface area contributed by atoms with Crippen LogP contribution in [-0.2, 0) is 0 Å². The van der Waals surface area contributed by atoms with Crippen LogP contribution in [0.1, 0.15) is 0 Å². The van der Waals surface area contributed by atoms with E-state index in [0.29, 0.717) is 29.0 Å². The van der Waals surface area contributed by atoms with Crippen LogP contribution in [0.2, 0.25) is 0 Å². The predicted octanol–water partition coefficient (Wildman–Crippen LogP) is 12.6. The second kappa shape index (κ2) is 16.0. The third-order valence-electron chi connectivity index (χ3n) is 11.2. The van der Waals surface area contributed by atoms with Crippen LogP contribution in [-0.4, -0.2) is 37.1 Å². The fourth-order valence-electron chi connectivity index (χ4n) is 8.03. The summed E-state index contributed by atoms with van der Waals surface area (Å²) < 4.78 is 13.7. The molecule has 0 radical (unpaired) electrons. The maximum atomic E-state index is 6.87. The van der Waals surface area contributed by atoms with Crippen molar-refractivity contribution in [1.29, 1.82) is 0 Å². The maximum Gasteiger partial charge on any atom is 0.174 e. The highest BCUT2D eigenvalue weighted by molar-refractivity contribution is 5.85. The number of ether oxygens (including phenoxy) is 2. The Morgan fingerprint density at radius 3 is 1.31 bits per heavy atom. The molecule has 2 unspecified atom stereocenters. The molecule has 0 fully saturated rings. The molecular formula is C55H37N5O2. The molecule has 2 aliphatic rings. The summed E-state index contributed by atoms with van der Waals surface area (Å²) in [6.45, 7) is 0. The number of allylic oxidation sites excluding steroid dienone is 2. The third-order valence-corrected chi connectivity index (χ3v) is 11.2. The average molecular weight is 800 g/mol. The smallest absolute Gasteiger partial charge is 0.174 e. The average Bonchev–Trinajstić information content (AvgIpc) is 3.36. The van der Waals surface area contributed by atoms with Crippen LogP contribution in [0.25, 0.3) is 90.1 Å². The lowest BCUT2D eigenvalue weighted by Crippen LogP contribution is -2.38. The van der Waals surface area contributed by atoms with Gasteiger partial charge in [-0.1, -0.05) is 133 Å². The van der Waals surface area contributed by atoms with Gasteiger partial charge in [0, 0.05) is 40.2 Å². The minimum atomic E-state index is -0.316. The van der Waals surface area contributed by atoms with Gasteiger partial charge in [0.2, 0.25) is 0 Å². The van der Waals surface area contributed by atoms with Crippen molar-refractivity contribution in [2.45, 2.75) is 12.2 Å². The molecule has 11 rings (SSSR count). The first-order chi connectivity index (χ1) is 30.7. The lowest BCUT2D eigenvalue weighted by atomic mass is 9.94. The lowest BCUT2D eigenvalue weighted by Gasteiger charge is -2.34. The molecule has 9 aromatic rings. The molecule has 62 heavy (non-hydrogen) atoms. The zero-order valence-corrected chi connectivity index (χ0v) is 33.4. The van der Waals surface area contributed by atoms with Gasteiger partial charge >= 0.3 is 0 Å². The van der Waals surface area contributed by atoms with E-state index in [1.165, 1.54) is 0 Å². The summed E-state index contributed by atoms with van der Waals surface area (Å²) >= 11 is 0. The van der Waals surface area contributed by atoms with Gasteiger partial charge in [-0.05, 0) is 94.6 Å². The van der Waals surface area contributed by atoms with Gasteiger partial charge in [-0.2, -0.15) is 0 Å². The summed E-state index contributed by atoms with van der Waals surface area (Å²) in [5.41, 5.74) is 12.6. The number of benzene rings is 6. The molecule has 2 atom stereocenters. The summed E-state index contributed by atoms with van der Waals surface area (Å²) in [5.74, 6) is 2.86. The molecular weight excluding hydrogens is 763 g/mol. The van der Waals surface area contributed by atoms with Gasteiger partial charge < -0.3 is 9.47 Å². The zero-order valence-electron chi connectivity index (χ0n) is 33.4.